The Kier molecular flexibility index (Phi) is 4.91. The molecule has 1 saturated heterocycles. The van der Waals surface area contributed by atoms with Gasteiger partial charge in [-0.15, -0.1) is 0 Å². The largest absolute Gasteiger partial charge is 0.367 e. The van der Waals surface area contributed by atoms with Gasteiger partial charge in [-0.05, 0) is 19.4 Å². The van der Waals surface area contributed by atoms with Crippen LogP contribution in [0.3, 0.4) is 0 Å². The summed E-state index contributed by atoms with van der Waals surface area (Å²) in [6, 6.07) is 2.72. The van der Waals surface area contributed by atoms with Gasteiger partial charge >= 0.3 is 0 Å². The third-order valence-corrected chi connectivity index (χ3v) is 4.75. The zero-order valence-corrected chi connectivity index (χ0v) is 13.1. The van der Waals surface area contributed by atoms with Gasteiger partial charge in [0.2, 0.25) is 0 Å². The summed E-state index contributed by atoms with van der Waals surface area (Å²) in [7, 11) is 0. The van der Waals surface area contributed by atoms with Crippen LogP contribution in [0.25, 0.3) is 0 Å². The summed E-state index contributed by atoms with van der Waals surface area (Å²) >= 11 is 0. The highest BCUT2D eigenvalue weighted by atomic mass is 15.3. The molecule has 5 heteroatoms. The lowest BCUT2D eigenvalue weighted by atomic mass is 9.95. The lowest BCUT2D eigenvalue weighted by molar-refractivity contribution is 0.270. The fraction of sp³-hybridized carbons (Fsp3) is 0.750. The molecule has 2 aliphatic rings. The molecule has 0 amide bonds. The molecule has 2 heterocycles. The molecule has 1 aliphatic heterocycles. The molecule has 1 aromatic heterocycles. The number of piperazine rings is 1. The molecule has 1 N–H and O–H groups in total. The van der Waals surface area contributed by atoms with Crippen molar-refractivity contribution in [1.82, 2.24) is 14.9 Å². The van der Waals surface area contributed by atoms with Crippen LogP contribution in [0.5, 0.6) is 0 Å². The van der Waals surface area contributed by atoms with Crippen molar-refractivity contribution < 1.29 is 0 Å². The van der Waals surface area contributed by atoms with Gasteiger partial charge in [0, 0.05) is 38.3 Å². The monoisotopic (exact) mass is 289 g/mol. The van der Waals surface area contributed by atoms with Gasteiger partial charge < -0.3 is 15.1 Å². The Morgan fingerprint density at radius 2 is 1.86 bits per heavy atom. The average molecular weight is 289 g/mol. The molecule has 5 nitrogen and oxygen atoms in total. The first-order chi connectivity index (χ1) is 10.3. The highest BCUT2D eigenvalue weighted by Gasteiger charge is 2.18. The van der Waals surface area contributed by atoms with Gasteiger partial charge in [-0.3, -0.25) is 0 Å². The first-order valence-electron chi connectivity index (χ1n) is 8.41. The fourth-order valence-corrected chi connectivity index (χ4v) is 3.35. The summed E-state index contributed by atoms with van der Waals surface area (Å²) in [4.78, 5) is 13.7. The van der Waals surface area contributed by atoms with Crippen LogP contribution in [0, 0.1) is 0 Å². The van der Waals surface area contributed by atoms with Gasteiger partial charge in [-0.25, -0.2) is 9.97 Å². The predicted molar refractivity (Wildman–Crippen MR) is 86.9 cm³/mol. The third-order valence-electron chi connectivity index (χ3n) is 4.75. The Bertz CT molecular complexity index is 436. The molecule has 116 valence electrons. The van der Waals surface area contributed by atoms with Crippen LogP contribution in [0.15, 0.2) is 12.4 Å². The summed E-state index contributed by atoms with van der Waals surface area (Å²) in [6.45, 7) is 7.76. The predicted octanol–water partition coefficient (Wildman–Crippen LogP) is 2.36. The van der Waals surface area contributed by atoms with Gasteiger partial charge in [0.1, 0.15) is 18.0 Å². The Hall–Kier alpha value is -1.36. The van der Waals surface area contributed by atoms with E-state index >= 15 is 0 Å². The first-order valence-corrected chi connectivity index (χ1v) is 8.41. The van der Waals surface area contributed by atoms with Crippen LogP contribution in [0.2, 0.25) is 0 Å². The van der Waals surface area contributed by atoms with Crippen molar-refractivity contribution in [2.75, 3.05) is 42.9 Å². The second-order valence-electron chi connectivity index (χ2n) is 6.16. The van der Waals surface area contributed by atoms with Crippen LogP contribution in [-0.4, -0.2) is 53.6 Å². The molecule has 0 aromatic carbocycles. The van der Waals surface area contributed by atoms with Gasteiger partial charge in [0.05, 0.1) is 0 Å². The van der Waals surface area contributed by atoms with E-state index in [0.29, 0.717) is 6.04 Å². The fourth-order valence-electron chi connectivity index (χ4n) is 3.35. The van der Waals surface area contributed by atoms with Gasteiger partial charge in [0.15, 0.2) is 0 Å². The quantitative estimate of drug-likeness (QED) is 0.922. The van der Waals surface area contributed by atoms with E-state index < -0.39 is 0 Å². The maximum atomic E-state index is 4.46. The number of aromatic nitrogens is 2. The lowest BCUT2D eigenvalue weighted by Gasteiger charge is -2.34. The molecular weight excluding hydrogens is 262 g/mol. The van der Waals surface area contributed by atoms with E-state index in [1.165, 1.54) is 32.1 Å². The number of nitrogens with one attached hydrogen (secondary N) is 1. The molecule has 1 aromatic rings. The molecule has 1 aliphatic carbocycles. The summed E-state index contributed by atoms with van der Waals surface area (Å²) in [5.74, 6) is 2.06. The molecule has 0 bridgehead atoms. The van der Waals surface area contributed by atoms with Crippen LogP contribution in [0.4, 0.5) is 11.6 Å². The Morgan fingerprint density at radius 1 is 1.10 bits per heavy atom. The minimum absolute atomic E-state index is 0.596. The number of rotatable bonds is 4. The van der Waals surface area contributed by atoms with E-state index in [-0.39, 0.29) is 0 Å². The van der Waals surface area contributed by atoms with Crippen molar-refractivity contribution in [2.24, 2.45) is 0 Å². The summed E-state index contributed by atoms with van der Waals surface area (Å²) < 4.78 is 0. The minimum Gasteiger partial charge on any atom is -0.367 e. The topological polar surface area (TPSA) is 44.3 Å². The van der Waals surface area contributed by atoms with Crippen molar-refractivity contribution in [2.45, 2.75) is 45.1 Å². The highest BCUT2D eigenvalue weighted by molar-refractivity contribution is 5.49. The maximum absolute atomic E-state index is 4.46. The maximum Gasteiger partial charge on any atom is 0.134 e. The summed E-state index contributed by atoms with van der Waals surface area (Å²) in [5, 5.41) is 3.59. The zero-order chi connectivity index (χ0) is 14.5. The van der Waals surface area contributed by atoms with Gasteiger partial charge in [-0.2, -0.15) is 0 Å². The Morgan fingerprint density at radius 3 is 2.57 bits per heavy atom. The molecule has 0 radical (unpaired) electrons. The van der Waals surface area contributed by atoms with E-state index in [1.54, 1.807) is 6.33 Å². The van der Waals surface area contributed by atoms with Crippen LogP contribution < -0.4 is 10.2 Å². The minimum atomic E-state index is 0.596. The molecule has 0 atom stereocenters. The van der Waals surface area contributed by atoms with Crippen molar-refractivity contribution >= 4 is 11.6 Å². The van der Waals surface area contributed by atoms with Gasteiger partial charge in [-0.1, -0.05) is 26.2 Å². The standard InChI is InChI=1S/C16H27N5/c1-2-20-8-10-21(11-9-20)16-12-15(17-13-18-16)19-14-6-4-3-5-7-14/h12-14H,2-11H2,1H3,(H,17,18,19). The second-order valence-corrected chi connectivity index (χ2v) is 6.16. The van der Waals surface area contributed by atoms with E-state index in [1.807, 2.05) is 0 Å². The van der Waals surface area contributed by atoms with E-state index in [4.69, 9.17) is 0 Å². The molecule has 1 saturated carbocycles. The summed E-state index contributed by atoms with van der Waals surface area (Å²) in [5.41, 5.74) is 0. The van der Waals surface area contributed by atoms with Crippen molar-refractivity contribution in [3.05, 3.63) is 12.4 Å². The summed E-state index contributed by atoms with van der Waals surface area (Å²) in [6.07, 6.45) is 8.31. The van der Waals surface area contributed by atoms with Crippen LogP contribution >= 0.6 is 0 Å². The molecule has 2 fully saturated rings. The van der Waals surface area contributed by atoms with Crippen molar-refractivity contribution in [1.29, 1.82) is 0 Å². The number of hydrogen-bond donors (Lipinski definition) is 1. The van der Waals surface area contributed by atoms with E-state index in [0.717, 1.165) is 44.4 Å². The van der Waals surface area contributed by atoms with Crippen LogP contribution in [-0.2, 0) is 0 Å². The average Bonchev–Trinajstić information content (AvgIpc) is 2.56. The Labute approximate surface area is 127 Å². The second kappa shape index (κ2) is 7.07. The van der Waals surface area contributed by atoms with Gasteiger partial charge in [0.25, 0.3) is 0 Å². The number of hydrogen-bond acceptors (Lipinski definition) is 5. The smallest absolute Gasteiger partial charge is 0.134 e. The Balaban J connectivity index is 1.60. The SMILES string of the molecule is CCN1CCN(c2cc(NC3CCCCC3)ncn2)CC1. The lowest BCUT2D eigenvalue weighted by Crippen LogP contribution is -2.46. The van der Waals surface area contributed by atoms with E-state index in [2.05, 4.69) is 38.1 Å². The number of nitrogens with zero attached hydrogens (tertiary/aromatic N) is 4. The van der Waals surface area contributed by atoms with Crippen LogP contribution in [0.1, 0.15) is 39.0 Å². The molecule has 0 spiro atoms. The first kappa shape index (κ1) is 14.6. The number of likely N-dealkylation sites (N-methyl/N-ethyl adjacent to an activating group) is 1. The van der Waals surface area contributed by atoms with Crippen molar-refractivity contribution in [3.8, 4) is 0 Å². The van der Waals surface area contributed by atoms with Crippen molar-refractivity contribution in [3.63, 3.8) is 0 Å². The zero-order valence-electron chi connectivity index (χ0n) is 13.1. The number of anilines is 2. The highest BCUT2D eigenvalue weighted by Crippen LogP contribution is 2.22. The normalized spacial score (nSPS) is 21.5. The third kappa shape index (κ3) is 3.84. The molecule has 0 unspecified atom stereocenters. The molecule has 21 heavy (non-hydrogen) atoms. The van der Waals surface area contributed by atoms with E-state index in [9.17, 15) is 0 Å². The molecule has 3 rings (SSSR count). The molecular formula is C16H27N5.